The Hall–Kier alpha value is -4.92. The number of hydrogen-bond acceptors (Lipinski definition) is 13. The topological polar surface area (TPSA) is 183 Å². The molecule has 1 aliphatic rings. The number of non-ortho nitro benzene ring substituents is 1. The maximum Gasteiger partial charge on any atom is 0.311 e. The summed E-state index contributed by atoms with van der Waals surface area (Å²) in [5.41, 5.74) is 3.21. The minimum absolute atomic E-state index is 0.0609. The number of morpholine rings is 1. The van der Waals surface area contributed by atoms with Crippen LogP contribution in [0.25, 0.3) is 0 Å². The summed E-state index contributed by atoms with van der Waals surface area (Å²) in [7, 11) is 1.33. The average Bonchev–Trinajstić information content (AvgIpc) is 2.89. The highest BCUT2D eigenvalue weighted by atomic mass is 16.6. The highest BCUT2D eigenvalue weighted by molar-refractivity contribution is 5.86. The molecule has 0 atom stereocenters. The number of methoxy groups -OCH3 is 1. The first kappa shape index (κ1) is 24.2. The lowest BCUT2D eigenvalue weighted by atomic mass is 10.2. The van der Waals surface area contributed by atoms with Crippen LogP contribution in [0.3, 0.4) is 0 Å². The second kappa shape index (κ2) is 11.0. The van der Waals surface area contributed by atoms with Gasteiger partial charge in [0.2, 0.25) is 23.6 Å². The van der Waals surface area contributed by atoms with Crippen molar-refractivity contribution < 1.29 is 19.3 Å². The molecule has 36 heavy (non-hydrogen) atoms. The quantitative estimate of drug-likeness (QED) is 0.252. The Morgan fingerprint density at radius 2 is 1.81 bits per heavy atom. The van der Waals surface area contributed by atoms with Crippen molar-refractivity contribution >= 4 is 41.1 Å². The smallest absolute Gasteiger partial charge is 0.311 e. The van der Waals surface area contributed by atoms with Gasteiger partial charge in [0.15, 0.2) is 0 Å². The summed E-state index contributed by atoms with van der Waals surface area (Å²) in [5.74, 6) is 0.635. The van der Waals surface area contributed by atoms with Gasteiger partial charge >= 0.3 is 5.69 Å². The molecule has 2 aromatic carbocycles. The van der Waals surface area contributed by atoms with Gasteiger partial charge in [-0.05, 0) is 12.1 Å². The number of nitro benzene ring substituents is 2. The molecule has 1 aromatic heterocycles. The van der Waals surface area contributed by atoms with Crippen LogP contribution in [-0.2, 0) is 4.74 Å². The minimum atomic E-state index is -0.546. The zero-order chi connectivity index (χ0) is 25.5. The normalized spacial score (nSPS) is 13.4. The van der Waals surface area contributed by atoms with E-state index in [0.29, 0.717) is 43.5 Å². The van der Waals surface area contributed by atoms with Crippen molar-refractivity contribution in [2.75, 3.05) is 49.1 Å². The first-order valence-electron chi connectivity index (χ1n) is 10.7. The standard InChI is InChI=1S/C21H21N9O6/c1-35-18-14(4-2-7-17(18)30(33)34)13-22-27-20-24-19(23-15-5-3-6-16(12-15)29(31)32)25-21(26-20)28-8-10-36-11-9-28/h2-7,12-13H,8-11H2,1H3,(H2,23,24,25,26,27)/b22-13-. The van der Waals surface area contributed by atoms with E-state index in [9.17, 15) is 20.2 Å². The van der Waals surface area contributed by atoms with Crippen LogP contribution in [0.4, 0.5) is 34.9 Å². The number of rotatable bonds is 9. The number of nitrogens with one attached hydrogen (secondary N) is 2. The predicted molar refractivity (Wildman–Crippen MR) is 130 cm³/mol. The van der Waals surface area contributed by atoms with E-state index in [-0.39, 0.29) is 29.0 Å². The fourth-order valence-corrected chi connectivity index (χ4v) is 3.37. The van der Waals surface area contributed by atoms with Gasteiger partial charge in [-0.25, -0.2) is 5.43 Å². The molecule has 3 aromatic rings. The molecule has 0 saturated carbocycles. The Balaban J connectivity index is 1.61. The number of nitrogens with zero attached hydrogens (tertiary/aromatic N) is 7. The lowest BCUT2D eigenvalue weighted by Crippen LogP contribution is -2.37. The fourth-order valence-electron chi connectivity index (χ4n) is 3.37. The number of hydrogen-bond donors (Lipinski definition) is 2. The van der Waals surface area contributed by atoms with Crippen LogP contribution in [0, 0.1) is 20.2 Å². The molecule has 0 bridgehead atoms. The SMILES string of the molecule is COc1c(/C=N\Nc2nc(Nc3cccc([N+](=O)[O-])c3)nc(N3CCOCC3)n2)cccc1[N+](=O)[O-]. The molecular weight excluding hydrogens is 474 g/mol. The number of anilines is 4. The summed E-state index contributed by atoms with van der Waals surface area (Å²) in [5, 5.41) is 29.4. The van der Waals surface area contributed by atoms with Gasteiger partial charge < -0.3 is 19.7 Å². The third-order valence-corrected chi connectivity index (χ3v) is 5.02. The molecule has 2 heterocycles. The molecule has 0 unspecified atom stereocenters. The van der Waals surface area contributed by atoms with Gasteiger partial charge in [-0.2, -0.15) is 20.1 Å². The maximum absolute atomic E-state index is 11.2. The molecule has 4 rings (SSSR count). The molecule has 1 saturated heterocycles. The van der Waals surface area contributed by atoms with Gasteiger partial charge in [0.25, 0.3) is 5.69 Å². The van der Waals surface area contributed by atoms with Crippen LogP contribution in [0.15, 0.2) is 47.6 Å². The Morgan fingerprint density at radius 1 is 1.06 bits per heavy atom. The summed E-state index contributed by atoms with van der Waals surface area (Å²) in [6.07, 6.45) is 1.34. The van der Waals surface area contributed by atoms with Crippen molar-refractivity contribution in [3.8, 4) is 5.75 Å². The molecule has 15 nitrogen and oxygen atoms in total. The van der Waals surface area contributed by atoms with E-state index < -0.39 is 9.85 Å². The second-order valence-corrected chi connectivity index (χ2v) is 7.34. The van der Waals surface area contributed by atoms with E-state index in [1.165, 1.54) is 37.6 Å². The monoisotopic (exact) mass is 495 g/mol. The van der Waals surface area contributed by atoms with Crippen LogP contribution in [0.1, 0.15) is 5.56 Å². The second-order valence-electron chi connectivity index (χ2n) is 7.34. The molecule has 0 spiro atoms. The van der Waals surface area contributed by atoms with Crippen LogP contribution in [0.5, 0.6) is 5.75 Å². The number of benzene rings is 2. The van der Waals surface area contributed by atoms with E-state index in [4.69, 9.17) is 9.47 Å². The number of ether oxygens (including phenoxy) is 2. The Labute approximate surface area is 204 Å². The average molecular weight is 495 g/mol. The van der Waals surface area contributed by atoms with Crippen LogP contribution in [0.2, 0.25) is 0 Å². The van der Waals surface area contributed by atoms with Crippen LogP contribution in [-0.4, -0.2) is 64.4 Å². The van der Waals surface area contributed by atoms with Crippen molar-refractivity contribution in [2.24, 2.45) is 5.10 Å². The van der Waals surface area contributed by atoms with Crippen LogP contribution < -0.4 is 20.4 Å². The minimum Gasteiger partial charge on any atom is -0.490 e. The summed E-state index contributed by atoms with van der Waals surface area (Å²) in [6, 6.07) is 10.4. The molecule has 15 heteroatoms. The zero-order valence-corrected chi connectivity index (χ0v) is 19.0. The maximum atomic E-state index is 11.2. The zero-order valence-electron chi connectivity index (χ0n) is 19.0. The van der Waals surface area contributed by atoms with Gasteiger partial charge in [0.1, 0.15) is 0 Å². The molecule has 2 N–H and O–H groups in total. The molecule has 1 fully saturated rings. The Bertz CT molecular complexity index is 1300. The van der Waals surface area contributed by atoms with Crippen molar-refractivity contribution in [1.82, 2.24) is 15.0 Å². The highest BCUT2D eigenvalue weighted by Gasteiger charge is 2.19. The third kappa shape index (κ3) is 5.76. The van der Waals surface area contributed by atoms with Gasteiger partial charge in [-0.15, -0.1) is 0 Å². The number of hydrazone groups is 1. The Morgan fingerprint density at radius 3 is 2.53 bits per heavy atom. The molecule has 0 aliphatic carbocycles. The fraction of sp³-hybridized carbons (Fsp3) is 0.238. The summed E-state index contributed by atoms with van der Waals surface area (Å²) < 4.78 is 10.6. The number of para-hydroxylation sites is 1. The number of nitro groups is 2. The molecule has 0 amide bonds. The van der Waals surface area contributed by atoms with E-state index in [0.717, 1.165) is 0 Å². The van der Waals surface area contributed by atoms with Gasteiger partial charge in [-0.1, -0.05) is 12.1 Å². The van der Waals surface area contributed by atoms with Crippen molar-refractivity contribution in [2.45, 2.75) is 0 Å². The highest BCUT2D eigenvalue weighted by Crippen LogP contribution is 2.29. The van der Waals surface area contributed by atoms with E-state index in [1.807, 2.05) is 4.90 Å². The van der Waals surface area contributed by atoms with E-state index in [2.05, 4.69) is 30.8 Å². The molecule has 186 valence electrons. The first-order valence-corrected chi connectivity index (χ1v) is 10.7. The van der Waals surface area contributed by atoms with Crippen molar-refractivity contribution in [3.63, 3.8) is 0 Å². The van der Waals surface area contributed by atoms with Crippen LogP contribution >= 0.6 is 0 Å². The third-order valence-electron chi connectivity index (χ3n) is 5.02. The van der Waals surface area contributed by atoms with Gasteiger partial charge in [0, 0.05) is 42.5 Å². The molecule has 1 aliphatic heterocycles. The van der Waals surface area contributed by atoms with Gasteiger partial charge in [0.05, 0.1) is 36.4 Å². The van der Waals surface area contributed by atoms with E-state index in [1.54, 1.807) is 18.2 Å². The summed E-state index contributed by atoms with van der Waals surface area (Å²) in [6.45, 7) is 2.14. The van der Waals surface area contributed by atoms with E-state index >= 15 is 0 Å². The largest absolute Gasteiger partial charge is 0.490 e. The molecular formula is C21H21N9O6. The Kier molecular flexibility index (Phi) is 7.40. The summed E-state index contributed by atoms with van der Waals surface area (Å²) in [4.78, 5) is 36.3. The van der Waals surface area contributed by atoms with Crippen molar-refractivity contribution in [1.29, 1.82) is 0 Å². The first-order chi connectivity index (χ1) is 17.4. The van der Waals surface area contributed by atoms with Gasteiger partial charge in [-0.3, -0.25) is 20.2 Å². The lowest BCUT2D eigenvalue weighted by Gasteiger charge is -2.27. The lowest BCUT2D eigenvalue weighted by molar-refractivity contribution is -0.385. The predicted octanol–water partition coefficient (Wildman–Crippen LogP) is 2.72. The molecule has 0 radical (unpaired) electrons. The van der Waals surface area contributed by atoms with Crippen molar-refractivity contribution in [3.05, 3.63) is 68.3 Å². The summed E-state index contributed by atoms with van der Waals surface area (Å²) >= 11 is 0. The number of aromatic nitrogens is 3.